The molecule has 2 N–H and O–H groups in total. The summed E-state index contributed by atoms with van der Waals surface area (Å²) in [6, 6.07) is 2.01. The zero-order chi connectivity index (χ0) is 14.3. The van der Waals surface area contributed by atoms with Crippen LogP contribution in [0.25, 0.3) is 5.57 Å². The van der Waals surface area contributed by atoms with Crippen molar-refractivity contribution in [3.8, 4) is 0 Å². The van der Waals surface area contributed by atoms with Crippen LogP contribution in [0.5, 0.6) is 0 Å². The van der Waals surface area contributed by atoms with Crippen molar-refractivity contribution in [2.24, 2.45) is 5.73 Å². The second-order valence-corrected chi connectivity index (χ2v) is 5.59. The smallest absolute Gasteiger partial charge is 0.172 e. The maximum absolute atomic E-state index is 6.20. The number of nitrogens with two attached hydrogens (primary N) is 1. The summed E-state index contributed by atoms with van der Waals surface area (Å²) < 4.78 is 17.2. The van der Waals surface area contributed by atoms with Crippen LogP contribution in [-0.4, -0.2) is 19.0 Å². The van der Waals surface area contributed by atoms with Crippen molar-refractivity contribution >= 4 is 5.57 Å². The maximum atomic E-state index is 6.20. The SMILES string of the molecule is C=C(C1=C(N)CCC2(C1)OCCO2)c1cc(C)oc1C. The first kappa shape index (κ1) is 13.5. The van der Waals surface area contributed by atoms with Gasteiger partial charge >= 0.3 is 0 Å². The van der Waals surface area contributed by atoms with Gasteiger partial charge in [-0.25, -0.2) is 0 Å². The van der Waals surface area contributed by atoms with Crippen molar-refractivity contribution < 1.29 is 13.9 Å². The lowest BCUT2D eigenvalue weighted by molar-refractivity contribution is -0.162. The Labute approximate surface area is 119 Å². The second kappa shape index (κ2) is 4.79. The number of hydrogen-bond donors (Lipinski definition) is 1. The molecule has 0 radical (unpaired) electrons. The molecule has 0 saturated carbocycles. The van der Waals surface area contributed by atoms with Crippen molar-refractivity contribution in [1.29, 1.82) is 0 Å². The fourth-order valence-corrected chi connectivity index (χ4v) is 3.08. The molecule has 1 aromatic heterocycles. The van der Waals surface area contributed by atoms with Crippen LogP contribution in [0, 0.1) is 13.8 Å². The lowest BCUT2D eigenvalue weighted by Crippen LogP contribution is -2.35. The number of rotatable bonds is 2. The molecule has 4 heteroatoms. The molecule has 2 aliphatic rings. The Morgan fingerprint density at radius 1 is 1.30 bits per heavy atom. The van der Waals surface area contributed by atoms with Gasteiger partial charge in [-0.1, -0.05) is 6.58 Å². The van der Waals surface area contributed by atoms with Gasteiger partial charge in [0.1, 0.15) is 11.5 Å². The molecule has 2 heterocycles. The molecular formula is C16H21NO3. The van der Waals surface area contributed by atoms with E-state index in [1.807, 2.05) is 19.9 Å². The molecule has 108 valence electrons. The van der Waals surface area contributed by atoms with Crippen molar-refractivity contribution in [2.75, 3.05) is 13.2 Å². The highest BCUT2D eigenvalue weighted by atomic mass is 16.7. The predicted octanol–water partition coefficient (Wildman–Crippen LogP) is 3.05. The fourth-order valence-electron chi connectivity index (χ4n) is 3.08. The first-order valence-corrected chi connectivity index (χ1v) is 7.03. The highest BCUT2D eigenvalue weighted by molar-refractivity contribution is 5.79. The minimum atomic E-state index is -0.492. The molecule has 0 unspecified atom stereocenters. The number of furan rings is 1. The maximum Gasteiger partial charge on any atom is 0.172 e. The summed E-state index contributed by atoms with van der Waals surface area (Å²) in [5.41, 5.74) is 10.1. The number of ether oxygens (including phenoxy) is 2. The van der Waals surface area contributed by atoms with Gasteiger partial charge in [-0.2, -0.15) is 0 Å². The van der Waals surface area contributed by atoms with E-state index in [0.29, 0.717) is 19.6 Å². The third-order valence-electron chi connectivity index (χ3n) is 4.15. The Hall–Kier alpha value is -1.52. The zero-order valence-corrected chi connectivity index (χ0v) is 12.1. The van der Waals surface area contributed by atoms with Gasteiger partial charge in [-0.3, -0.25) is 0 Å². The van der Waals surface area contributed by atoms with Crippen LogP contribution in [0.15, 0.2) is 28.3 Å². The zero-order valence-electron chi connectivity index (χ0n) is 12.1. The standard InChI is InChI=1S/C16H21NO3/c1-10-8-13(12(3)20-10)11(2)14-9-16(5-4-15(14)17)18-6-7-19-16/h8H,2,4-7,9,17H2,1,3H3. The van der Waals surface area contributed by atoms with Gasteiger partial charge in [-0.15, -0.1) is 0 Å². The van der Waals surface area contributed by atoms with Crippen LogP contribution >= 0.6 is 0 Å². The Morgan fingerprint density at radius 3 is 2.60 bits per heavy atom. The van der Waals surface area contributed by atoms with E-state index in [-0.39, 0.29) is 0 Å². The van der Waals surface area contributed by atoms with Gasteiger partial charge in [0.05, 0.1) is 13.2 Å². The largest absolute Gasteiger partial charge is 0.466 e. The van der Waals surface area contributed by atoms with Crippen LogP contribution in [0.4, 0.5) is 0 Å². The third kappa shape index (κ3) is 2.19. The Morgan fingerprint density at radius 2 is 2.00 bits per heavy atom. The summed E-state index contributed by atoms with van der Waals surface area (Å²) in [6.45, 7) is 9.42. The third-order valence-corrected chi connectivity index (χ3v) is 4.15. The summed E-state index contributed by atoms with van der Waals surface area (Å²) in [7, 11) is 0. The van der Waals surface area contributed by atoms with Crippen LogP contribution in [0.1, 0.15) is 36.3 Å². The van der Waals surface area contributed by atoms with Crippen LogP contribution in [-0.2, 0) is 9.47 Å². The highest BCUT2D eigenvalue weighted by Crippen LogP contribution is 2.42. The summed E-state index contributed by atoms with van der Waals surface area (Å²) in [5, 5.41) is 0. The fraction of sp³-hybridized carbons (Fsp3) is 0.500. The summed E-state index contributed by atoms with van der Waals surface area (Å²) in [5.74, 6) is 1.27. The predicted molar refractivity (Wildman–Crippen MR) is 76.9 cm³/mol. The van der Waals surface area contributed by atoms with Crippen molar-refractivity contribution in [2.45, 2.75) is 38.9 Å². The molecule has 1 spiro atoms. The van der Waals surface area contributed by atoms with Gasteiger partial charge in [-0.05, 0) is 37.5 Å². The molecule has 0 bridgehead atoms. The number of aryl methyl sites for hydroxylation is 2. The summed E-state index contributed by atoms with van der Waals surface area (Å²) in [4.78, 5) is 0. The normalized spacial score (nSPS) is 21.7. The molecule has 20 heavy (non-hydrogen) atoms. The molecule has 1 aromatic rings. The molecule has 1 aliphatic heterocycles. The van der Waals surface area contributed by atoms with E-state index in [2.05, 4.69) is 6.58 Å². The minimum absolute atomic E-state index is 0.492. The average molecular weight is 275 g/mol. The van der Waals surface area contributed by atoms with Crippen LogP contribution < -0.4 is 5.73 Å². The second-order valence-electron chi connectivity index (χ2n) is 5.59. The Bertz CT molecular complexity index is 577. The van der Waals surface area contributed by atoms with E-state index in [9.17, 15) is 0 Å². The lowest BCUT2D eigenvalue weighted by Gasteiger charge is -2.34. The lowest BCUT2D eigenvalue weighted by atomic mass is 9.85. The monoisotopic (exact) mass is 275 g/mol. The average Bonchev–Trinajstić information content (AvgIpc) is 2.99. The quantitative estimate of drug-likeness (QED) is 0.901. The van der Waals surface area contributed by atoms with Crippen molar-refractivity contribution in [3.63, 3.8) is 0 Å². The van der Waals surface area contributed by atoms with Crippen molar-refractivity contribution in [1.82, 2.24) is 0 Å². The minimum Gasteiger partial charge on any atom is -0.466 e. The van der Waals surface area contributed by atoms with Crippen LogP contribution in [0.3, 0.4) is 0 Å². The Kier molecular flexibility index (Phi) is 3.22. The van der Waals surface area contributed by atoms with E-state index in [4.69, 9.17) is 19.6 Å². The van der Waals surface area contributed by atoms with Gasteiger partial charge in [0.15, 0.2) is 5.79 Å². The first-order chi connectivity index (χ1) is 9.51. The van der Waals surface area contributed by atoms with Gasteiger partial charge in [0, 0.05) is 24.1 Å². The molecule has 0 amide bonds. The molecule has 1 saturated heterocycles. The Balaban J connectivity index is 1.91. The molecule has 0 atom stereocenters. The molecule has 0 aromatic carbocycles. The number of hydrogen-bond acceptors (Lipinski definition) is 4. The van der Waals surface area contributed by atoms with Gasteiger partial charge in [0.25, 0.3) is 0 Å². The first-order valence-electron chi connectivity index (χ1n) is 7.03. The van der Waals surface area contributed by atoms with E-state index < -0.39 is 5.79 Å². The molecule has 3 rings (SSSR count). The summed E-state index contributed by atoms with van der Waals surface area (Å²) >= 11 is 0. The van der Waals surface area contributed by atoms with E-state index in [0.717, 1.165) is 46.8 Å². The molecule has 1 fully saturated rings. The van der Waals surface area contributed by atoms with Crippen molar-refractivity contribution in [3.05, 3.63) is 41.0 Å². The molecule has 4 nitrogen and oxygen atoms in total. The molecule has 1 aliphatic carbocycles. The van der Waals surface area contributed by atoms with E-state index in [1.54, 1.807) is 0 Å². The molecular weight excluding hydrogens is 254 g/mol. The highest BCUT2D eigenvalue weighted by Gasteiger charge is 2.41. The van der Waals surface area contributed by atoms with Gasteiger partial charge in [0.2, 0.25) is 0 Å². The topological polar surface area (TPSA) is 57.6 Å². The van der Waals surface area contributed by atoms with E-state index >= 15 is 0 Å². The van der Waals surface area contributed by atoms with E-state index in [1.165, 1.54) is 0 Å². The van der Waals surface area contributed by atoms with Crippen LogP contribution in [0.2, 0.25) is 0 Å². The number of allylic oxidation sites excluding steroid dienone is 2. The van der Waals surface area contributed by atoms with Gasteiger partial charge < -0.3 is 19.6 Å². The summed E-state index contributed by atoms with van der Waals surface area (Å²) in [6.07, 6.45) is 2.27.